The van der Waals surface area contributed by atoms with E-state index >= 15 is 0 Å². The number of pyridine rings is 1. The van der Waals surface area contributed by atoms with Crippen LogP contribution in [0.2, 0.25) is 0 Å². The topological polar surface area (TPSA) is 59.8 Å². The first-order valence-corrected chi connectivity index (χ1v) is 5.79. The van der Waals surface area contributed by atoms with E-state index in [9.17, 15) is 4.79 Å². The number of anilines is 1. The molecular weight excluding hydrogens is 216 g/mol. The van der Waals surface area contributed by atoms with E-state index in [4.69, 9.17) is 0 Å². The first-order valence-electron chi connectivity index (χ1n) is 5.79. The van der Waals surface area contributed by atoms with E-state index in [1.54, 1.807) is 16.7 Å². The van der Waals surface area contributed by atoms with Gasteiger partial charge in [0.2, 0.25) is 5.95 Å². The van der Waals surface area contributed by atoms with Gasteiger partial charge in [-0.15, -0.1) is 0 Å². The van der Waals surface area contributed by atoms with Gasteiger partial charge in [-0.2, -0.15) is 4.98 Å². The maximum Gasteiger partial charge on any atom is 0.252 e. The molecule has 0 bridgehead atoms. The molecular formula is C12H16N4O. The highest BCUT2D eigenvalue weighted by Crippen LogP contribution is 2.15. The van der Waals surface area contributed by atoms with Crippen LogP contribution in [-0.4, -0.2) is 21.1 Å². The van der Waals surface area contributed by atoms with Crippen molar-refractivity contribution < 1.29 is 0 Å². The predicted octanol–water partition coefficient (Wildman–Crippen LogP) is 1.55. The van der Waals surface area contributed by atoms with Gasteiger partial charge in [0.05, 0.1) is 5.69 Å². The standard InChI is InChI=1S/C12H16N4O/c1-4-13-12-14-8(3)9-6-7-10(17)16(5-2)11(9)15-12/h6-7H,4-5H2,1-3H3,(H,13,14,15). The lowest BCUT2D eigenvalue weighted by Gasteiger charge is -2.10. The second-order valence-electron chi connectivity index (χ2n) is 3.82. The van der Waals surface area contributed by atoms with Gasteiger partial charge >= 0.3 is 0 Å². The molecule has 0 atom stereocenters. The molecule has 2 aromatic heterocycles. The zero-order valence-electron chi connectivity index (χ0n) is 10.3. The molecule has 5 nitrogen and oxygen atoms in total. The smallest absolute Gasteiger partial charge is 0.252 e. The van der Waals surface area contributed by atoms with Gasteiger partial charge in [0.1, 0.15) is 5.65 Å². The first kappa shape index (κ1) is 11.6. The third-order valence-electron chi connectivity index (χ3n) is 2.68. The number of hydrogen-bond acceptors (Lipinski definition) is 4. The van der Waals surface area contributed by atoms with Crippen molar-refractivity contribution in [1.29, 1.82) is 0 Å². The van der Waals surface area contributed by atoms with Crippen LogP contribution in [0.25, 0.3) is 11.0 Å². The van der Waals surface area contributed by atoms with E-state index in [-0.39, 0.29) is 5.56 Å². The molecule has 0 radical (unpaired) electrons. The Morgan fingerprint density at radius 2 is 2.06 bits per heavy atom. The summed E-state index contributed by atoms with van der Waals surface area (Å²) >= 11 is 0. The van der Waals surface area contributed by atoms with Crippen molar-refractivity contribution in [2.75, 3.05) is 11.9 Å². The molecule has 0 aliphatic rings. The fourth-order valence-electron chi connectivity index (χ4n) is 1.86. The van der Waals surface area contributed by atoms with Crippen molar-refractivity contribution in [1.82, 2.24) is 14.5 Å². The summed E-state index contributed by atoms with van der Waals surface area (Å²) in [5, 5.41) is 4.00. The largest absolute Gasteiger partial charge is 0.354 e. The zero-order valence-corrected chi connectivity index (χ0v) is 10.3. The van der Waals surface area contributed by atoms with Gasteiger partial charge in [-0.25, -0.2) is 4.98 Å². The Labute approximate surface area is 99.5 Å². The summed E-state index contributed by atoms with van der Waals surface area (Å²) in [4.78, 5) is 20.5. The number of nitrogens with one attached hydrogen (secondary N) is 1. The quantitative estimate of drug-likeness (QED) is 0.872. The molecule has 5 heteroatoms. The Balaban J connectivity index is 2.78. The Hall–Kier alpha value is -1.91. The number of aryl methyl sites for hydroxylation is 2. The van der Waals surface area contributed by atoms with Crippen LogP contribution in [-0.2, 0) is 6.54 Å². The molecule has 17 heavy (non-hydrogen) atoms. The van der Waals surface area contributed by atoms with E-state index in [0.29, 0.717) is 18.1 Å². The Morgan fingerprint density at radius 1 is 1.29 bits per heavy atom. The van der Waals surface area contributed by atoms with Crippen molar-refractivity contribution in [3.8, 4) is 0 Å². The maximum absolute atomic E-state index is 11.7. The molecule has 2 heterocycles. The summed E-state index contributed by atoms with van der Waals surface area (Å²) in [6.07, 6.45) is 0. The van der Waals surface area contributed by atoms with Crippen LogP contribution < -0.4 is 10.9 Å². The SMILES string of the molecule is CCNc1nc(C)c2ccc(=O)n(CC)c2n1. The van der Waals surface area contributed by atoms with E-state index in [0.717, 1.165) is 17.6 Å². The normalized spacial score (nSPS) is 10.8. The van der Waals surface area contributed by atoms with Crippen LogP contribution in [0.15, 0.2) is 16.9 Å². The Bertz CT molecular complexity index is 603. The van der Waals surface area contributed by atoms with Gasteiger partial charge in [0, 0.05) is 24.5 Å². The molecule has 0 fully saturated rings. The van der Waals surface area contributed by atoms with Crippen LogP contribution in [0.3, 0.4) is 0 Å². The van der Waals surface area contributed by atoms with Crippen LogP contribution >= 0.6 is 0 Å². The molecule has 0 saturated carbocycles. The summed E-state index contributed by atoms with van der Waals surface area (Å²) in [5.74, 6) is 0.574. The fraction of sp³-hybridized carbons (Fsp3) is 0.417. The minimum absolute atomic E-state index is 0.0273. The third kappa shape index (κ3) is 2.00. The molecule has 0 aliphatic carbocycles. The zero-order chi connectivity index (χ0) is 12.4. The van der Waals surface area contributed by atoms with E-state index in [2.05, 4.69) is 15.3 Å². The van der Waals surface area contributed by atoms with Crippen molar-refractivity contribution in [3.63, 3.8) is 0 Å². The van der Waals surface area contributed by atoms with Gasteiger partial charge in [0.15, 0.2) is 0 Å². The Kier molecular flexibility index (Phi) is 3.08. The van der Waals surface area contributed by atoms with Crippen LogP contribution in [0.5, 0.6) is 0 Å². The van der Waals surface area contributed by atoms with Crippen LogP contribution in [0, 0.1) is 6.92 Å². The van der Waals surface area contributed by atoms with E-state index < -0.39 is 0 Å². The van der Waals surface area contributed by atoms with Crippen molar-refractivity contribution in [3.05, 3.63) is 28.2 Å². The molecule has 0 amide bonds. The monoisotopic (exact) mass is 232 g/mol. The molecule has 0 unspecified atom stereocenters. The van der Waals surface area contributed by atoms with Crippen LogP contribution in [0.1, 0.15) is 19.5 Å². The second-order valence-corrected chi connectivity index (χ2v) is 3.82. The number of rotatable bonds is 3. The maximum atomic E-state index is 11.7. The highest BCUT2D eigenvalue weighted by atomic mass is 16.1. The third-order valence-corrected chi connectivity index (χ3v) is 2.68. The lowest BCUT2D eigenvalue weighted by Crippen LogP contribution is -2.20. The summed E-state index contributed by atoms with van der Waals surface area (Å²) < 4.78 is 1.66. The molecule has 0 spiro atoms. The molecule has 90 valence electrons. The van der Waals surface area contributed by atoms with Gasteiger partial charge < -0.3 is 5.32 Å². The van der Waals surface area contributed by atoms with Crippen molar-refractivity contribution >= 4 is 17.0 Å². The average molecular weight is 232 g/mol. The van der Waals surface area contributed by atoms with Crippen molar-refractivity contribution in [2.45, 2.75) is 27.3 Å². The van der Waals surface area contributed by atoms with Gasteiger partial charge in [-0.05, 0) is 26.8 Å². The van der Waals surface area contributed by atoms with Gasteiger partial charge in [-0.1, -0.05) is 0 Å². The lowest BCUT2D eigenvalue weighted by molar-refractivity contribution is 0.748. The summed E-state index contributed by atoms with van der Waals surface area (Å²) in [5.41, 5.74) is 1.55. The lowest BCUT2D eigenvalue weighted by atomic mass is 10.2. The molecule has 0 aromatic carbocycles. The predicted molar refractivity (Wildman–Crippen MR) is 68.4 cm³/mol. The minimum atomic E-state index is -0.0273. The summed E-state index contributed by atoms with van der Waals surface area (Å²) in [6.45, 7) is 7.22. The van der Waals surface area contributed by atoms with Gasteiger partial charge in [-0.3, -0.25) is 9.36 Å². The number of fused-ring (bicyclic) bond motifs is 1. The van der Waals surface area contributed by atoms with Gasteiger partial charge in [0.25, 0.3) is 5.56 Å². The molecule has 0 aliphatic heterocycles. The molecule has 0 saturated heterocycles. The molecule has 2 rings (SSSR count). The van der Waals surface area contributed by atoms with Crippen LogP contribution in [0.4, 0.5) is 5.95 Å². The molecule has 2 aromatic rings. The summed E-state index contributed by atoms with van der Waals surface area (Å²) in [7, 11) is 0. The summed E-state index contributed by atoms with van der Waals surface area (Å²) in [6, 6.07) is 3.35. The fourth-order valence-corrected chi connectivity index (χ4v) is 1.86. The van der Waals surface area contributed by atoms with E-state index in [1.165, 1.54) is 0 Å². The highest BCUT2D eigenvalue weighted by molar-refractivity contribution is 5.78. The second kappa shape index (κ2) is 4.53. The minimum Gasteiger partial charge on any atom is -0.354 e. The number of hydrogen-bond donors (Lipinski definition) is 1. The number of nitrogens with zero attached hydrogens (tertiary/aromatic N) is 3. The average Bonchev–Trinajstić information content (AvgIpc) is 2.29. The van der Waals surface area contributed by atoms with E-state index in [1.807, 2.05) is 20.8 Å². The Morgan fingerprint density at radius 3 is 2.71 bits per heavy atom. The number of aromatic nitrogens is 3. The van der Waals surface area contributed by atoms with Crippen molar-refractivity contribution in [2.24, 2.45) is 0 Å². The molecule has 1 N–H and O–H groups in total. The highest BCUT2D eigenvalue weighted by Gasteiger charge is 2.08. The first-order chi connectivity index (χ1) is 8.17.